The Labute approximate surface area is 104 Å². The minimum atomic E-state index is -0.231. The molecule has 0 bridgehead atoms. The number of ether oxygens (including phenoxy) is 1. The van der Waals surface area contributed by atoms with Crippen molar-refractivity contribution in [3.05, 3.63) is 29.6 Å². The van der Waals surface area contributed by atoms with E-state index in [1.165, 1.54) is 10.1 Å². The quantitative estimate of drug-likeness (QED) is 0.845. The van der Waals surface area contributed by atoms with Crippen molar-refractivity contribution in [1.82, 2.24) is 0 Å². The van der Waals surface area contributed by atoms with Gasteiger partial charge in [-0.2, -0.15) is 0 Å². The summed E-state index contributed by atoms with van der Waals surface area (Å²) in [5.74, 6) is -0.231. The molecule has 0 fully saturated rings. The summed E-state index contributed by atoms with van der Waals surface area (Å²) in [7, 11) is 0. The van der Waals surface area contributed by atoms with Gasteiger partial charge >= 0.3 is 5.97 Å². The van der Waals surface area contributed by atoms with Crippen LogP contribution in [0.2, 0.25) is 0 Å². The lowest BCUT2D eigenvalue weighted by atomic mass is 10.2. The third-order valence-corrected chi connectivity index (χ3v) is 3.15. The highest BCUT2D eigenvalue weighted by Gasteiger charge is 2.05. The Morgan fingerprint density at radius 1 is 1.41 bits per heavy atom. The topological polar surface area (TPSA) is 38.3 Å². The molecule has 90 valence electrons. The molecule has 0 aliphatic rings. The van der Waals surface area contributed by atoms with Gasteiger partial charge in [-0.3, -0.25) is 4.79 Å². The van der Waals surface area contributed by atoms with Gasteiger partial charge in [0.2, 0.25) is 0 Å². The minimum Gasteiger partial charge on any atom is -0.462 e. The number of hydrogen-bond acceptors (Lipinski definition) is 4. The van der Waals surface area contributed by atoms with Crippen molar-refractivity contribution in [3.8, 4) is 0 Å². The Hall–Kier alpha value is -1.55. The number of fused-ring (bicyclic) bond motifs is 1. The minimum absolute atomic E-state index is 0.0661. The van der Waals surface area contributed by atoms with Gasteiger partial charge in [-0.1, -0.05) is 0 Å². The highest BCUT2D eigenvalue weighted by Crippen LogP contribution is 2.23. The summed E-state index contributed by atoms with van der Waals surface area (Å²) in [5, 5.41) is 6.31. The van der Waals surface area contributed by atoms with Gasteiger partial charge < -0.3 is 10.1 Å². The van der Waals surface area contributed by atoms with Crippen LogP contribution < -0.4 is 5.32 Å². The van der Waals surface area contributed by atoms with Crippen LogP contribution in [-0.4, -0.2) is 18.6 Å². The summed E-state index contributed by atoms with van der Waals surface area (Å²) in [6, 6.07) is 8.13. The number of hydrogen-bond donors (Lipinski definition) is 1. The van der Waals surface area contributed by atoms with Crippen LogP contribution in [0.5, 0.6) is 0 Å². The number of carbonyl (C=O) groups is 1. The fourth-order valence-electron chi connectivity index (χ4n) is 1.56. The molecule has 1 aromatic carbocycles. The monoisotopic (exact) mass is 249 g/mol. The van der Waals surface area contributed by atoms with Gasteiger partial charge in [0.1, 0.15) is 6.54 Å². The van der Waals surface area contributed by atoms with Gasteiger partial charge in [-0.15, -0.1) is 11.3 Å². The fourth-order valence-corrected chi connectivity index (χ4v) is 2.33. The van der Waals surface area contributed by atoms with Gasteiger partial charge in [0.25, 0.3) is 0 Å². The number of nitrogens with one attached hydrogen (secondary N) is 1. The van der Waals surface area contributed by atoms with Crippen LogP contribution in [0.4, 0.5) is 5.69 Å². The summed E-state index contributed by atoms with van der Waals surface area (Å²) < 4.78 is 6.30. The van der Waals surface area contributed by atoms with E-state index in [-0.39, 0.29) is 18.6 Å². The summed E-state index contributed by atoms with van der Waals surface area (Å²) in [6.07, 6.45) is -0.0661. The number of carbonyl (C=O) groups excluding carboxylic acids is 1. The van der Waals surface area contributed by atoms with Crippen molar-refractivity contribution in [3.63, 3.8) is 0 Å². The summed E-state index contributed by atoms with van der Waals surface area (Å²) >= 11 is 1.71. The van der Waals surface area contributed by atoms with E-state index >= 15 is 0 Å². The second-order valence-electron chi connectivity index (χ2n) is 4.07. The Morgan fingerprint density at radius 3 is 3.00 bits per heavy atom. The molecule has 0 spiro atoms. The molecule has 0 aliphatic carbocycles. The predicted octanol–water partition coefficient (Wildman–Crippen LogP) is 3.26. The maximum absolute atomic E-state index is 11.4. The number of anilines is 1. The summed E-state index contributed by atoms with van der Waals surface area (Å²) in [4.78, 5) is 11.4. The van der Waals surface area contributed by atoms with Gasteiger partial charge in [0.15, 0.2) is 0 Å². The summed E-state index contributed by atoms with van der Waals surface area (Å²) in [5.41, 5.74) is 0.941. The fraction of sp³-hybridized carbons (Fsp3) is 0.308. The lowest BCUT2D eigenvalue weighted by molar-refractivity contribution is -0.145. The number of thiophene rings is 1. The molecule has 4 heteroatoms. The molecule has 2 aromatic rings. The van der Waals surface area contributed by atoms with Crippen LogP contribution in [0, 0.1) is 0 Å². The Morgan fingerprint density at radius 2 is 2.24 bits per heavy atom. The van der Waals surface area contributed by atoms with Crippen molar-refractivity contribution >= 4 is 33.1 Å². The second-order valence-corrected chi connectivity index (χ2v) is 5.01. The Bertz CT molecular complexity index is 519. The van der Waals surface area contributed by atoms with Crippen LogP contribution in [0.3, 0.4) is 0 Å². The predicted molar refractivity (Wildman–Crippen MR) is 71.5 cm³/mol. The number of esters is 1. The number of benzene rings is 1. The van der Waals surface area contributed by atoms with E-state index in [1.54, 1.807) is 11.3 Å². The average Bonchev–Trinajstić information content (AvgIpc) is 2.72. The molecule has 0 amide bonds. The number of rotatable bonds is 4. The largest absolute Gasteiger partial charge is 0.462 e. The van der Waals surface area contributed by atoms with Gasteiger partial charge in [0, 0.05) is 10.4 Å². The van der Waals surface area contributed by atoms with Crippen LogP contribution in [-0.2, 0) is 9.53 Å². The zero-order valence-corrected chi connectivity index (χ0v) is 10.7. The molecule has 1 aromatic heterocycles. The van der Waals surface area contributed by atoms with Gasteiger partial charge in [-0.05, 0) is 48.9 Å². The Balaban J connectivity index is 1.96. The lowest BCUT2D eigenvalue weighted by Gasteiger charge is -2.09. The van der Waals surface area contributed by atoms with Crippen molar-refractivity contribution < 1.29 is 9.53 Å². The van der Waals surface area contributed by atoms with Crippen molar-refractivity contribution in [2.75, 3.05) is 11.9 Å². The molecule has 0 saturated carbocycles. The molecule has 0 unspecified atom stereocenters. The van der Waals surface area contributed by atoms with Crippen LogP contribution in [0.25, 0.3) is 10.1 Å². The van der Waals surface area contributed by atoms with E-state index in [0.29, 0.717) is 0 Å². The first-order valence-corrected chi connectivity index (χ1v) is 6.44. The summed E-state index contributed by atoms with van der Waals surface area (Å²) in [6.45, 7) is 3.89. The highest BCUT2D eigenvalue weighted by molar-refractivity contribution is 7.17. The highest BCUT2D eigenvalue weighted by atomic mass is 32.1. The molecule has 0 saturated heterocycles. The van der Waals surface area contributed by atoms with Crippen molar-refractivity contribution in [2.24, 2.45) is 0 Å². The molecule has 1 N–H and O–H groups in total. The maximum atomic E-state index is 11.4. The maximum Gasteiger partial charge on any atom is 0.325 e. The first-order chi connectivity index (χ1) is 8.15. The standard InChI is InChI=1S/C13H15NO2S/c1-9(2)16-13(15)8-14-11-3-4-12-10(7-11)5-6-17-12/h3-7,9,14H,8H2,1-2H3. The molecule has 0 atom stereocenters. The van der Waals surface area contributed by atoms with Crippen LogP contribution in [0.15, 0.2) is 29.6 Å². The van der Waals surface area contributed by atoms with E-state index in [4.69, 9.17) is 4.74 Å². The average molecular weight is 249 g/mol. The molecular weight excluding hydrogens is 234 g/mol. The van der Waals surface area contributed by atoms with E-state index in [9.17, 15) is 4.79 Å². The zero-order valence-electron chi connectivity index (χ0n) is 9.90. The molecule has 0 aliphatic heterocycles. The first-order valence-electron chi connectivity index (χ1n) is 5.56. The molecule has 0 radical (unpaired) electrons. The smallest absolute Gasteiger partial charge is 0.325 e. The Kier molecular flexibility index (Phi) is 3.64. The van der Waals surface area contributed by atoms with E-state index in [0.717, 1.165) is 5.69 Å². The van der Waals surface area contributed by atoms with Crippen molar-refractivity contribution in [2.45, 2.75) is 20.0 Å². The SMILES string of the molecule is CC(C)OC(=O)CNc1ccc2sccc2c1. The first kappa shape index (κ1) is 11.9. The molecule has 3 nitrogen and oxygen atoms in total. The second kappa shape index (κ2) is 5.19. The molecule has 17 heavy (non-hydrogen) atoms. The normalized spacial score (nSPS) is 10.8. The van der Waals surface area contributed by atoms with Gasteiger partial charge in [0.05, 0.1) is 6.10 Å². The lowest BCUT2D eigenvalue weighted by Crippen LogP contribution is -2.20. The molecule has 1 heterocycles. The van der Waals surface area contributed by atoms with Gasteiger partial charge in [-0.25, -0.2) is 0 Å². The van der Waals surface area contributed by atoms with E-state index in [2.05, 4.69) is 22.8 Å². The van der Waals surface area contributed by atoms with Crippen LogP contribution >= 0.6 is 11.3 Å². The van der Waals surface area contributed by atoms with Crippen molar-refractivity contribution in [1.29, 1.82) is 0 Å². The molecule has 2 rings (SSSR count). The third-order valence-electron chi connectivity index (χ3n) is 2.26. The van der Waals surface area contributed by atoms with E-state index in [1.807, 2.05) is 26.0 Å². The van der Waals surface area contributed by atoms with Crippen LogP contribution in [0.1, 0.15) is 13.8 Å². The zero-order chi connectivity index (χ0) is 12.3. The third kappa shape index (κ3) is 3.20. The van der Waals surface area contributed by atoms with E-state index < -0.39 is 0 Å². The molecular formula is C13H15NO2S.